The second-order valence-electron chi connectivity index (χ2n) is 7.13. The van der Waals surface area contributed by atoms with Crippen LogP contribution in [-0.2, 0) is 19.4 Å². The first-order valence-electron chi connectivity index (χ1n) is 8.62. The molecule has 0 aromatic rings. The molecular formula is C16H30N2O4S. The maximum atomic E-state index is 12.4. The Bertz CT molecular complexity index is 500. The second-order valence-corrected chi connectivity index (χ2v) is 9.24. The number of hydrogen-bond donors (Lipinski definition) is 0. The fraction of sp³-hybridized carbons (Fsp3) is 0.938. The van der Waals surface area contributed by atoms with Crippen LogP contribution in [0, 0.1) is 11.8 Å². The zero-order valence-electron chi connectivity index (χ0n) is 14.5. The van der Waals surface area contributed by atoms with Gasteiger partial charge in [0, 0.05) is 32.2 Å². The van der Waals surface area contributed by atoms with Crippen molar-refractivity contribution in [3.8, 4) is 0 Å². The number of carbonyl (C=O) groups excluding carboxylic acids is 1. The number of nitrogens with zero attached hydrogens (tertiary/aromatic N) is 2. The molecule has 2 atom stereocenters. The summed E-state index contributed by atoms with van der Waals surface area (Å²) in [5.74, 6) is -0.0331. The summed E-state index contributed by atoms with van der Waals surface area (Å²) in [5.41, 5.74) is 0. The van der Waals surface area contributed by atoms with Gasteiger partial charge in [0.05, 0.1) is 19.0 Å². The molecule has 0 bridgehead atoms. The summed E-state index contributed by atoms with van der Waals surface area (Å²) in [6, 6.07) is 0.334. The average Bonchev–Trinajstić information content (AvgIpc) is 2.90. The van der Waals surface area contributed by atoms with Gasteiger partial charge in [0.15, 0.2) is 9.84 Å². The van der Waals surface area contributed by atoms with Crippen molar-refractivity contribution in [2.75, 3.05) is 50.9 Å². The molecule has 6 nitrogen and oxygen atoms in total. The van der Waals surface area contributed by atoms with E-state index in [0.717, 1.165) is 32.7 Å². The van der Waals surface area contributed by atoms with Crippen LogP contribution in [0.2, 0.25) is 0 Å². The lowest BCUT2D eigenvalue weighted by atomic mass is 9.99. The minimum absolute atomic E-state index is 0.0517. The van der Waals surface area contributed by atoms with E-state index in [1.165, 1.54) is 0 Å². The van der Waals surface area contributed by atoms with Gasteiger partial charge in [0.2, 0.25) is 5.91 Å². The molecule has 0 radical (unpaired) electrons. The Morgan fingerprint density at radius 2 is 1.87 bits per heavy atom. The maximum absolute atomic E-state index is 12.4. The average molecular weight is 346 g/mol. The minimum atomic E-state index is -3.31. The van der Waals surface area contributed by atoms with Gasteiger partial charge in [-0.15, -0.1) is 0 Å². The lowest BCUT2D eigenvalue weighted by Crippen LogP contribution is -2.47. The Balaban J connectivity index is 1.96. The van der Waals surface area contributed by atoms with Crippen LogP contribution in [0.5, 0.6) is 0 Å². The normalized spacial score (nSPS) is 26.9. The minimum Gasteiger partial charge on any atom is -0.379 e. The third kappa shape index (κ3) is 5.16. The summed E-state index contributed by atoms with van der Waals surface area (Å²) < 4.78 is 29.5. The molecule has 0 unspecified atom stereocenters. The van der Waals surface area contributed by atoms with E-state index in [9.17, 15) is 13.2 Å². The molecule has 134 valence electrons. The Morgan fingerprint density at radius 3 is 2.43 bits per heavy atom. The second kappa shape index (κ2) is 7.94. The van der Waals surface area contributed by atoms with Gasteiger partial charge in [0.1, 0.15) is 5.75 Å². The lowest BCUT2D eigenvalue weighted by Gasteiger charge is -2.34. The van der Waals surface area contributed by atoms with Crippen molar-refractivity contribution in [1.82, 2.24) is 9.80 Å². The molecule has 0 spiro atoms. The van der Waals surface area contributed by atoms with Crippen molar-refractivity contribution in [3.05, 3.63) is 0 Å². The zero-order valence-corrected chi connectivity index (χ0v) is 15.3. The van der Waals surface area contributed by atoms with Gasteiger partial charge in [0.25, 0.3) is 0 Å². The highest BCUT2D eigenvalue weighted by Crippen LogP contribution is 2.26. The van der Waals surface area contributed by atoms with E-state index in [1.54, 1.807) is 4.90 Å². The molecule has 0 saturated carbocycles. The third-order valence-electron chi connectivity index (χ3n) is 4.73. The van der Waals surface area contributed by atoms with E-state index in [0.29, 0.717) is 25.0 Å². The molecule has 2 saturated heterocycles. The van der Waals surface area contributed by atoms with Crippen molar-refractivity contribution >= 4 is 15.7 Å². The van der Waals surface area contributed by atoms with Crippen LogP contribution >= 0.6 is 0 Å². The Hall–Kier alpha value is -0.660. The third-order valence-corrected chi connectivity index (χ3v) is 6.59. The van der Waals surface area contributed by atoms with Crippen LogP contribution in [0.4, 0.5) is 0 Å². The van der Waals surface area contributed by atoms with Gasteiger partial charge in [-0.05, 0) is 11.8 Å². The SMILES string of the molecule is CC[C@H]1CN(C(=O)CS(=O)(=O)CC(C)C)C[C@@H]1N1CCOCC1. The van der Waals surface area contributed by atoms with Gasteiger partial charge in [-0.3, -0.25) is 9.69 Å². The van der Waals surface area contributed by atoms with Crippen LogP contribution in [0.15, 0.2) is 0 Å². The Kier molecular flexibility index (Phi) is 6.45. The summed E-state index contributed by atoms with van der Waals surface area (Å²) in [6.45, 7) is 10.5. The zero-order chi connectivity index (χ0) is 17.0. The molecule has 1 amide bonds. The first kappa shape index (κ1) is 18.7. The molecule has 0 aromatic heterocycles. The van der Waals surface area contributed by atoms with Crippen LogP contribution < -0.4 is 0 Å². The molecule has 2 fully saturated rings. The van der Waals surface area contributed by atoms with Crippen molar-refractivity contribution in [2.45, 2.75) is 33.2 Å². The van der Waals surface area contributed by atoms with Gasteiger partial charge in [-0.1, -0.05) is 27.2 Å². The van der Waals surface area contributed by atoms with Gasteiger partial charge in [-0.2, -0.15) is 0 Å². The quantitative estimate of drug-likeness (QED) is 0.706. The number of likely N-dealkylation sites (tertiary alicyclic amines) is 1. The number of morpholine rings is 1. The summed E-state index contributed by atoms with van der Waals surface area (Å²) in [6.07, 6.45) is 1.00. The van der Waals surface area contributed by atoms with E-state index in [4.69, 9.17) is 4.74 Å². The summed E-state index contributed by atoms with van der Waals surface area (Å²) in [7, 11) is -3.31. The van der Waals surface area contributed by atoms with Crippen LogP contribution in [0.1, 0.15) is 27.2 Å². The first-order valence-corrected chi connectivity index (χ1v) is 10.4. The number of sulfone groups is 1. The van der Waals surface area contributed by atoms with Gasteiger partial charge in [-0.25, -0.2) is 8.42 Å². The lowest BCUT2D eigenvalue weighted by molar-refractivity contribution is -0.127. The maximum Gasteiger partial charge on any atom is 0.237 e. The topological polar surface area (TPSA) is 66.9 Å². The van der Waals surface area contributed by atoms with E-state index in [-0.39, 0.29) is 23.3 Å². The molecule has 7 heteroatoms. The number of rotatable bonds is 6. The van der Waals surface area contributed by atoms with Crippen molar-refractivity contribution < 1.29 is 17.9 Å². The van der Waals surface area contributed by atoms with E-state index < -0.39 is 9.84 Å². The van der Waals surface area contributed by atoms with Crippen LogP contribution in [0.25, 0.3) is 0 Å². The molecule has 0 aromatic carbocycles. The summed E-state index contributed by atoms with van der Waals surface area (Å²) in [4.78, 5) is 16.6. The molecule has 0 aliphatic carbocycles. The number of ether oxygens (including phenoxy) is 1. The van der Waals surface area contributed by atoms with E-state index in [1.807, 2.05) is 13.8 Å². The van der Waals surface area contributed by atoms with Crippen molar-refractivity contribution in [1.29, 1.82) is 0 Å². The molecule has 2 aliphatic rings. The molecule has 23 heavy (non-hydrogen) atoms. The van der Waals surface area contributed by atoms with Gasteiger partial charge < -0.3 is 9.64 Å². The largest absolute Gasteiger partial charge is 0.379 e. The predicted octanol–water partition coefficient (Wildman–Crippen LogP) is 0.626. The standard InChI is InChI=1S/C16H30N2O4S/c1-4-14-9-18(10-15(14)17-5-7-22-8-6-17)16(19)12-23(20,21)11-13(2)3/h13-15H,4-12H2,1-3H3/t14-,15-/m0/s1. The van der Waals surface area contributed by atoms with Crippen molar-refractivity contribution in [3.63, 3.8) is 0 Å². The van der Waals surface area contributed by atoms with E-state index >= 15 is 0 Å². The number of hydrogen-bond acceptors (Lipinski definition) is 5. The highest BCUT2D eigenvalue weighted by atomic mass is 32.2. The number of carbonyl (C=O) groups is 1. The van der Waals surface area contributed by atoms with Gasteiger partial charge >= 0.3 is 0 Å². The predicted molar refractivity (Wildman–Crippen MR) is 90.0 cm³/mol. The first-order chi connectivity index (χ1) is 10.8. The monoisotopic (exact) mass is 346 g/mol. The molecular weight excluding hydrogens is 316 g/mol. The molecule has 2 rings (SSSR count). The summed E-state index contributed by atoms with van der Waals surface area (Å²) in [5, 5.41) is 0. The highest BCUT2D eigenvalue weighted by molar-refractivity contribution is 7.92. The number of amides is 1. The molecule has 2 heterocycles. The fourth-order valence-electron chi connectivity index (χ4n) is 3.63. The summed E-state index contributed by atoms with van der Waals surface area (Å²) >= 11 is 0. The van der Waals surface area contributed by atoms with Crippen LogP contribution in [-0.4, -0.2) is 81.1 Å². The van der Waals surface area contributed by atoms with Crippen LogP contribution in [0.3, 0.4) is 0 Å². The highest BCUT2D eigenvalue weighted by Gasteiger charge is 2.38. The Labute approximate surface area is 140 Å². The smallest absolute Gasteiger partial charge is 0.237 e. The van der Waals surface area contributed by atoms with Crippen molar-refractivity contribution in [2.24, 2.45) is 11.8 Å². The molecule has 0 N–H and O–H groups in total. The Morgan fingerprint density at radius 1 is 1.22 bits per heavy atom. The molecule has 2 aliphatic heterocycles. The fourth-order valence-corrected chi connectivity index (χ4v) is 5.32. The van der Waals surface area contributed by atoms with E-state index in [2.05, 4.69) is 11.8 Å².